The van der Waals surface area contributed by atoms with Crippen molar-refractivity contribution in [3.8, 4) is 0 Å². The molecule has 0 radical (unpaired) electrons. The van der Waals surface area contributed by atoms with E-state index in [2.05, 4.69) is 0 Å². The van der Waals surface area contributed by atoms with Gasteiger partial charge < -0.3 is 28.4 Å². The minimum absolute atomic E-state index is 0.0557. The second-order valence-corrected chi connectivity index (χ2v) is 12.5. The Bertz CT molecular complexity index is 739. The Morgan fingerprint density at radius 3 is 1.92 bits per heavy atom. The molecule has 0 aliphatic carbocycles. The van der Waals surface area contributed by atoms with Crippen LogP contribution in [0.25, 0.3) is 0 Å². The molecule has 1 saturated heterocycles. The highest BCUT2D eigenvalue weighted by atomic mass is 16.6. The predicted octanol–water partition coefficient (Wildman–Crippen LogP) is 5.10. The Morgan fingerprint density at radius 2 is 1.49 bits per heavy atom. The second kappa shape index (κ2) is 13.2. The molecular weight excluding hydrogens is 482 g/mol. The lowest BCUT2D eigenvalue weighted by atomic mass is 10.0. The monoisotopic (exact) mass is 531 g/mol. The third-order valence-corrected chi connectivity index (χ3v) is 5.40. The van der Waals surface area contributed by atoms with Gasteiger partial charge in [0.15, 0.2) is 6.04 Å². The molecule has 0 aromatic heterocycles. The van der Waals surface area contributed by atoms with Gasteiger partial charge in [-0.05, 0) is 74.7 Å². The van der Waals surface area contributed by atoms with Gasteiger partial charge in [-0.15, -0.1) is 0 Å². The van der Waals surface area contributed by atoms with Crippen LogP contribution in [0.2, 0.25) is 0 Å². The highest BCUT2D eigenvalue weighted by molar-refractivity contribution is 5.94. The van der Waals surface area contributed by atoms with Crippen molar-refractivity contribution in [1.82, 2.24) is 4.90 Å². The normalized spacial score (nSPS) is 24.0. The number of rotatable bonds is 7. The Balaban J connectivity index is 3.38. The SMILES string of the molecule is CCC(C)(C)OC1COCC(N(C(=O)OC(C)(C)C)C(=O)OC(C)(C)C)C(=O)OC(C)C1OCC(C)C. The molecule has 37 heavy (non-hydrogen) atoms. The van der Waals surface area contributed by atoms with Crippen LogP contribution in [0.5, 0.6) is 0 Å². The number of amides is 2. The number of hydrogen-bond acceptors (Lipinski definition) is 9. The minimum atomic E-state index is -1.43. The fraction of sp³-hybridized carbons (Fsp3) is 0.889. The van der Waals surface area contributed by atoms with Gasteiger partial charge in [0.05, 0.1) is 18.8 Å². The van der Waals surface area contributed by atoms with Crippen LogP contribution in [0.15, 0.2) is 0 Å². The van der Waals surface area contributed by atoms with Crippen molar-refractivity contribution in [1.29, 1.82) is 0 Å². The van der Waals surface area contributed by atoms with E-state index in [0.29, 0.717) is 11.5 Å². The Labute approximate surface area is 222 Å². The van der Waals surface area contributed by atoms with E-state index in [0.717, 1.165) is 6.42 Å². The van der Waals surface area contributed by atoms with Crippen molar-refractivity contribution in [2.24, 2.45) is 5.92 Å². The zero-order valence-electron chi connectivity index (χ0n) is 24.8. The molecule has 0 aromatic rings. The Kier molecular flexibility index (Phi) is 11.9. The van der Waals surface area contributed by atoms with Gasteiger partial charge in [0, 0.05) is 6.61 Å². The summed E-state index contributed by atoms with van der Waals surface area (Å²) in [5.41, 5.74) is -2.33. The van der Waals surface area contributed by atoms with Crippen molar-refractivity contribution in [3.05, 3.63) is 0 Å². The maximum absolute atomic E-state index is 13.4. The molecular formula is C27H49NO9. The lowest BCUT2D eigenvalue weighted by molar-refractivity contribution is -0.188. The molecule has 0 bridgehead atoms. The second-order valence-electron chi connectivity index (χ2n) is 12.5. The molecule has 10 nitrogen and oxygen atoms in total. The average Bonchev–Trinajstić information content (AvgIpc) is 2.73. The summed E-state index contributed by atoms with van der Waals surface area (Å²) in [6.07, 6.45) is -3.28. The number of ether oxygens (including phenoxy) is 6. The molecule has 2 amide bonds. The lowest BCUT2D eigenvalue weighted by Crippen LogP contribution is -2.54. The van der Waals surface area contributed by atoms with Crippen LogP contribution in [0.3, 0.4) is 0 Å². The van der Waals surface area contributed by atoms with E-state index in [4.69, 9.17) is 28.4 Å². The van der Waals surface area contributed by atoms with Crippen LogP contribution in [-0.4, -0.2) is 84.0 Å². The summed E-state index contributed by atoms with van der Waals surface area (Å²) in [4.78, 5) is 40.3. The topological polar surface area (TPSA) is 110 Å². The Hall–Kier alpha value is -1.91. The number of cyclic esters (lactones) is 1. The molecule has 4 unspecified atom stereocenters. The summed E-state index contributed by atoms with van der Waals surface area (Å²) >= 11 is 0. The predicted molar refractivity (Wildman–Crippen MR) is 138 cm³/mol. The summed E-state index contributed by atoms with van der Waals surface area (Å²) in [5.74, 6) is -0.600. The zero-order chi connectivity index (χ0) is 28.8. The number of esters is 1. The number of hydrogen-bond donors (Lipinski definition) is 0. The molecule has 0 saturated carbocycles. The number of carbonyl (C=O) groups excluding carboxylic acids is 3. The van der Waals surface area contributed by atoms with Gasteiger partial charge in [0.1, 0.15) is 29.5 Å². The summed E-state index contributed by atoms with van der Waals surface area (Å²) < 4.78 is 35.0. The van der Waals surface area contributed by atoms with Gasteiger partial charge in [-0.2, -0.15) is 4.90 Å². The molecule has 0 spiro atoms. The van der Waals surface area contributed by atoms with Crippen molar-refractivity contribution in [2.75, 3.05) is 19.8 Å². The van der Waals surface area contributed by atoms with Gasteiger partial charge >= 0.3 is 18.2 Å². The van der Waals surface area contributed by atoms with Crippen molar-refractivity contribution in [3.63, 3.8) is 0 Å². The van der Waals surface area contributed by atoms with Crippen molar-refractivity contribution < 1.29 is 42.8 Å². The minimum Gasteiger partial charge on any atom is -0.458 e. The van der Waals surface area contributed by atoms with Gasteiger partial charge in [-0.3, -0.25) is 0 Å². The standard InChI is InChI=1S/C27H49NO9/c1-13-27(11,12)35-20-16-32-15-19(22(29)34-18(4)21(20)33-14-17(2)3)28(23(30)36-25(5,6)7)24(31)37-26(8,9)10/h17-21H,13-16H2,1-12H3. The largest absolute Gasteiger partial charge is 0.458 e. The van der Waals surface area contributed by atoms with Crippen molar-refractivity contribution >= 4 is 18.2 Å². The third-order valence-electron chi connectivity index (χ3n) is 5.40. The van der Waals surface area contributed by atoms with Crippen LogP contribution in [0.1, 0.15) is 89.5 Å². The summed E-state index contributed by atoms with van der Waals surface area (Å²) in [5, 5.41) is 0. The summed E-state index contributed by atoms with van der Waals surface area (Å²) in [6, 6.07) is -1.43. The summed E-state index contributed by atoms with van der Waals surface area (Å²) in [6.45, 7) is 21.8. The van der Waals surface area contributed by atoms with Crippen LogP contribution in [-0.2, 0) is 33.2 Å². The van der Waals surface area contributed by atoms with E-state index < -0.39 is 59.3 Å². The first-order chi connectivity index (χ1) is 16.8. The molecule has 10 heteroatoms. The highest BCUT2D eigenvalue weighted by Crippen LogP contribution is 2.25. The van der Waals surface area contributed by atoms with Gasteiger partial charge in [0.25, 0.3) is 0 Å². The van der Waals surface area contributed by atoms with Crippen molar-refractivity contribution in [2.45, 2.75) is 131 Å². The molecule has 1 aliphatic heterocycles. The fourth-order valence-electron chi connectivity index (χ4n) is 3.36. The summed E-state index contributed by atoms with van der Waals surface area (Å²) in [7, 11) is 0. The molecule has 0 N–H and O–H groups in total. The lowest BCUT2D eigenvalue weighted by Gasteiger charge is -2.36. The first kappa shape index (κ1) is 33.1. The van der Waals surface area contributed by atoms with E-state index in [-0.39, 0.29) is 19.1 Å². The Morgan fingerprint density at radius 1 is 0.973 bits per heavy atom. The smallest absolute Gasteiger partial charge is 0.420 e. The average molecular weight is 532 g/mol. The third kappa shape index (κ3) is 11.6. The van der Waals surface area contributed by atoms with E-state index >= 15 is 0 Å². The molecule has 1 aliphatic rings. The first-order valence-electron chi connectivity index (χ1n) is 13.1. The maximum atomic E-state index is 13.4. The number of nitrogens with zero attached hydrogens (tertiary/aromatic N) is 1. The van der Waals surface area contributed by atoms with Crippen LogP contribution < -0.4 is 0 Å². The molecule has 1 fully saturated rings. The molecule has 1 rings (SSSR count). The van der Waals surface area contributed by atoms with E-state index in [1.54, 1.807) is 48.5 Å². The van der Waals surface area contributed by atoms with E-state index in [1.165, 1.54) is 0 Å². The maximum Gasteiger partial charge on any atom is 0.420 e. The van der Waals surface area contributed by atoms with Gasteiger partial charge in [0.2, 0.25) is 0 Å². The zero-order valence-corrected chi connectivity index (χ0v) is 24.8. The van der Waals surface area contributed by atoms with Crippen LogP contribution >= 0.6 is 0 Å². The number of carbonyl (C=O) groups is 3. The highest BCUT2D eigenvalue weighted by Gasteiger charge is 2.45. The molecule has 4 atom stereocenters. The first-order valence-corrected chi connectivity index (χ1v) is 13.1. The molecule has 216 valence electrons. The molecule has 0 aromatic carbocycles. The van der Waals surface area contributed by atoms with E-state index in [9.17, 15) is 14.4 Å². The van der Waals surface area contributed by atoms with E-state index in [1.807, 2.05) is 34.6 Å². The number of imide groups is 1. The quantitative estimate of drug-likeness (QED) is 0.327. The fourth-order valence-corrected chi connectivity index (χ4v) is 3.36. The molecule has 1 heterocycles. The van der Waals surface area contributed by atoms with Gasteiger partial charge in [-0.1, -0.05) is 20.8 Å². The van der Waals surface area contributed by atoms with Gasteiger partial charge in [-0.25, -0.2) is 14.4 Å². The van der Waals surface area contributed by atoms with Crippen LogP contribution in [0, 0.1) is 5.92 Å². The van der Waals surface area contributed by atoms with Crippen LogP contribution in [0.4, 0.5) is 9.59 Å².